The minimum atomic E-state index is -0.865. The van der Waals surface area contributed by atoms with Crippen LogP contribution in [0.1, 0.15) is 51.7 Å². The Bertz CT molecular complexity index is 1310. The summed E-state index contributed by atoms with van der Waals surface area (Å²) < 4.78 is 5.68. The molecule has 2 aromatic rings. The van der Waals surface area contributed by atoms with E-state index in [0.717, 1.165) is 17.6 Å². The fraction of sp³-hybridized carbons (Fsp3) is 0.457. The molecule has 232 valence electrons. The molecule has 2 unspecified atom stereocenters. The van der Waals surface area contributed by atoms with E-state index in [1.54, 1.807) is 61.0 Å². The summed E-state index contributed by atoms with van der Waals surface area (Å²) in [6.07, 6.45) is 5.09. The Morgan fingerprint density at radius 2 is 1.35 bits per heavy atom. The highest BCUT2D eigenvalue weighted by Crippen LogP contribution is 2.34. The number of rotatable bonds is 10. The first-order chi connectivity index (χ1) is 20.2. The van der Waals surface area contributed by atoms with Crippen LogP contribution in [0.3, 0.4) is 0 Å². The van der Waals surface area contributed by atoms with Gasteiger partial charge in [0.05, 0.1) is 0 Å². The minimum Gasteiger partial charge on any atom is -0.444 e. The number of amides is 3. The molecule has 1 aliphatic rings. The lowest BCUT2D eigenvalue weighted by Crippen LogP contribution is -2.57. The van der Waals surface area contributed by atoms with Crippen LogP contribution in [0.2, 0.25) is 0 Å². The maximum absolute atomic E-state index is 14.4. The van der Waals surface area contributed by atoms with Crippen molar-refractivity contribution in [3.05, 3.63) is 89.5 Å². The monoisotopic (exact) mass is 588 g/mol. The third-order valence-electron chi connectivity index (χ3n) is 7.96. The van der Waals surface area contributed by atoms with E-state index in [4.69, 9.17) is 4.74 Å². The maximum Gasteiger partial charge on any atom is 0.410 e. The van der Waals surface area contributed by atoms with E-state index in [9.17, 15) is 14.4 Å². The van der Waals surface area contributed by atoms with Gasteiger partial charge in [0, 0.05) is 41.7 Å². The second-order valence-corrected chi connectivity index (χ2v) is 12.6. The number of carbonyl (C=O) groups is 3. The molecule has 0 spiro atoms. The zero-order valence-electron chi connectivity index (χ0n) is 27.2. The summed E-state index contributed by atoms with van der Waals surface area (Å²) in [6.45, 7) is 7.55. The SMILES string of the molecule is CC1CC(c2ccccc2)=CC=C1C[C@H](C(=O)N(C)C(Cc1ccccc1)C(=O)N(C)N(C)C)N(C)C(=O)OC(C)(C)C. The van der Waals surface area contributed by atoms with Crippen LogP contribution < -0.4 is 0 Å². The van der Waals surface area contributed by atoms with E-state index in [2.05, 4.69) is 31.2 Å². The van der Waals surface area contributed by atoms with Crippen LogP contribution in [-0.2, 0) is 20.7 Å². The molecule has 3 rings (SSSR count). The van der Waals surface area contributed by atoms with Gasteiger partial charge < -0.3 is 9.64 Å². The van der Waals surface area contributed by atoms with Gasteiger partial charge in [0.2, 0.25) is 5.91 Å². The predicted molar refractivity (Wildman–Crippen MR) is 172 cm³/mol. The summed E-state index contributed by atoms with van der Waals surface area (Å²) in [4.78, 5) is 44.3. The lowest BCUT2D eigenvalue weighted by Gasteiger charge is -2.38. The summed E-state index contributed by atoms with van der Waals surface area (Å²) in [5.41, 5.74) is 3.69. The Hall–Kier alpha value is -3.91. The zero-order chi connectivity index (χ0) is 31.9. The van der Waals surface area contributed by atoms with Gasteiger partial charge in [0.15, 0.2) is 0 Å². The molecule has 2 aromatic carbocycles. The summed E-state index contributed by atoms with van der Waals surface area (Å²) >= 11 is 0. The van der Waals surface area contributed by atoms with Crippen molar-refractivity contribution in [3.63, 3.8) is 0 Å². The fourth-order valence-corrected chi connectivity index (χ4v) is 5.14. The van der Waals surface area contributed by atoms with Crippen molar-refractivity contribution in [2.45, 2.75) is 64.6 Å². The minimum absolute atomic E-state index is 0.162. The quantitative estimate of drug-likeness (QED) is 0.335. The van der Waals surface area contributed by atoms with Crippen molar-refractivity contribution in [2.24, 2.45) is 5.92 Å². The Morgan fingerprint density at radius 3 is 1.88 bits per heavy atom. The molecular weight excluding hydrogens is 540 g/mol. The van der Waals surface area contributed by atoms with Gasteiger partial charge in [-0.15, -0.1) is 0 Å². The normalized spacial score (nSPS) is 16.5. The topological polar surface area (TPSA) is 73.4 Å². The molecule has 0 fully saturated rings. The summed E-state index contributed by atoms with van der Waals surface area (Å²) in [7, 11) is 8.51. The highest BCUT2D eigenvalue weighted by molar-refractivity contribution is 5.91. The number of nitrogens with zero attached hydrogens (tertiary/aromatic N) is 4. The van der Waals surface area contributed by atoms with Crippen LogP contribution in [0.15, 0.2) is 78.4 Å². The average molecular weight is 589 g/mol. The molecule has 43 heavy (non-hydrogen) atoms. The van der Waals surface area contributed by atoms with Gasteiger partial charge in [0.1, 0.15) is 17.7 Å². The van der Waals surface area contributed by atoms with Gasteiger partial charge in [-0.25, -0.2) is 9.80 Å². The van der Waals surface area contributed by atoms with Crippen molar-refractivity contribution in [1.29, 1.82) is 0 Å². The number of hydrogen-bond donors (Lipinski definition) is 0. The fourth-order valence-electron chi connectivity index (χ4n) is 5.14. The van der Waals surface area contributed by atoms with E-state index in [1.807, 2.05) is 48.5 Å². The van der Waals surface area contributed by atoms with Gasteiger partial charge in [-0.1, -0.05) is 85.3 Å². The van der Waals surface area contributed by atoms with E-state index in [1.165, 1.54) is 25.9 Å². The average Bonchev–Trinajstić information content (AvgIpc) is 2.97. The molecule has 0 heterocycles. The number of hydrogen-bond acceptors (Lipinski definition) is 5. The van der Waals surface area contributed by atoms with Crippen LogP contribution in [0.5, 0.6) is 0 Å². The molecule has 0 aliphatic heterocycles. The number of likely N-dealkylation sites (N-methyl/N-ethyl adjacent to an activating group) is 3. The van der Waals surface area contributed by atoms with Gasteiger partial charge in [-0.2, -0.15) is 0 Å². The van der Waals surface area contributed by atoms with Gasteiger partial charge in [0.25, 0.3) is 5.91 Å². The Morgan fingerprint density at radius 1 is 0.791 bits per heavy atom. The predicted octanol–water partition coefficient (Wildman–Crippen LogP) is 5.67. The molecule has 3 atom stereocenters. The molecule has 0 saturated heterocycles. The van der Waals surface area contributed by atoms with Crippen molar-refractivity contribution >= 4 is 23.5 Å². The van der Waals surface area contributed by atoms with Crippen molar-refractivity contribution < 1.29 is 19.1 Å². The number of benzene rings is 2. The molecule has 0 radical (unpaired) electrons. The molecule has 0 aromatic heterocycles. The van der Waals surface area contributed by atoms with Crippen LogP contribution >= 0.6 is 0 Å². The van der Waals surface area contributed by atoms with Crippen LogP contribution in [0.4, 0.5) is 4.79 Å². The first-order valence-corrected chi connectivity index (χ1v) is 14.9. The van der Waals surface area contributed by atoms with Gasteiger partial charge in [-0.05, 0) is 56.2 Å². The smallest absolute Gasteiger partial charge is 0.410 e. The van der Waals surface area contributed by atoms with Crippen LogP contribution in [0.25, 0.3) is 5.57 Å². The lowest BCUT2D eigenvalue weighted by molar-refractivity contribution is -0.153. The lowest BCUT2D eigenvalue weighted by atomic mass is 9.82. The highest BCUT2D eigenvalue weighted by atomic mass is 16.6. The maximum atomic E-state index is 14.4. The number of ether oxygens (including phenoxy) is 1. The van der Waals surface area contributed by atoms with Crippen molar-refractivity contribution in [2.75, 3.05) is 35.2 Å². The summed E-state index contributed by atoms with van der Waals surface area (Å²) in [5, 5.41) is 3.19. The second-order valence-electron chi connectivity index (χ2n) is 12.6. The number of allylic oxidation sites excluding steroid dienone is 3. The first kappa shape index (κ1) is 33.6. The van der Waals surface area contributed by atoms with Crippen LogP contribution in [-0.4, -0.2) is 90.6 Å². The molecule has 0 bridgehead atoms. The molecule has 8 heteroatoms. The highest BCUT2D eigenvalue weighted by Gasteiger charge is 2.38. The Labute approximate surface area is 257 Å². The molecule has 0 saturated carbocycles. The third kappa shape index (κ3) is 9.04. The molecule has 1 aliphatic carbocycles. The summed E-state index contributed by atoms with van der Waals surface area (Å²) in [5.74, 6) is -0.376. The number of carbonyl (C=O) groups excluding carboxylic acids is 3. The van der Waals surface area contributed by atoms with E-state index >= 15 is 0 Å². The third-order valence-corrected chi connectivity index (χ3v) is 7.96. The largest absolute Gasteiger partial charge is 0.444 e. The molecule has 8 nitrogen and oxygen atoms in total. The van der Waals surface area contributed by atoms with E-state index in [-0.39, 0.29) is 17.7 Å². The molecule has 0 N–H and O–H groups in total. The number of hydrazine groups is 1. The zero-order valence-corrected chi connectivity index (χ0v) is 27.2. The summed E-state index contributed by atoms with van der Waals surface area (Å²) in [6, 6.07) is 18.3. The Kier molecular flexibility index (Phi) is 11.3. The van der Waals surface area contributed by atoms with Crippen LogP contribution in [0, 0.1) is 5.92 Å². The van der Waals surface area contributed by atoms with Gasteiger partial charge >= 0.3 is 6.09 Å². The second kappa shape index (κ2) is 14.5. The van der Waals surface area contributed by atoms with Crippen molar-refractivity contribution in [3.8, 4) is 0 Å². The van der Waals surface area contributed by atoms with Crippen molar-refractivity contribution in [1.82, 2.24) is 19.8 Å². The van der Waals surface area contributed by atoms with E-state index in [0.29, 0.717) is 12.8 Å². The molecular formula is C35H48N4O4. The standard InChI is InChI=1S/C35H48N4O4/c1-25-22-29(27-18-14-11-15-19-27)21-20-28(25)24-31(38(8)34(42)43-35(2,3)4)32(40)37(7)30(33(41)39(9)36(5)6)23-26-16-12-10-13-17-26/h10-21,25,30-31H,22-24H2,1-9H3/t25?,30?,31-/m1/s1. The molecule has 3 amide bonds. The van der Waals surface area contributed by atoms with Gasteiger partial charge in [-0.3, -0.25) is 19.5 Å². The van der Waals surface area contributed by atoms with E-state index < -0.39 is 23.8 Å². The first-order valence-electron chi connectivity index (χ1n) is 14.9. The Balaban J connectivity index is 1.98.